The van der Waals surface area contributed by atoms with Crippen LogP contribution in [-0.2, 0) is 38.7 Å². The molecular weight excluding hydrogens is 579 g/mol. The molecule has 0 saturated carbocycles. The zero-order valence-electron chi connectivity index (χ0n) is 22.8. The van der Waals surface area contributed by atoms with Crippen LogP contribution in [0.1, 0.15) is 72.0 Å². The summed E-state index contributed by atoms with van der Waals surface area (Å²) in [6.45, 7) is 2.52. The first-order valence-electron chi connectivity index (χ1n) is 13.3. The molecular formula is C27H29F9N6. The third-order valence-corrected chi connectivity index (χ3v) is 7.21. The van der Waals surface area contributed by atoms with E-state index in [-0.39, 0.29) is 35.7 Å². The van der Waals surface area contributed by atoms with Gasteiger partial charge in [0.1, 0.15) is 0 Å². The summed E-state index contributed by atoms with van der Waals surface area (Å²) in [5.41, 5.74) is -3.52. The third kappa shape index (κ3) is 7.53. The highest BCUT2D eigenvalue weighted by molar-refractivity contribution is 5.42. The summed E-state index contributed by atoms with van der Waals surface area (Å²) < 4.78 is 123. The summed E-state index contributed by atoms with van der Waals surface area (Å²) in [5, 5.41) is 11.6. The van der Waals surface area contributed by atoms with Crippen LogP contribution in [0.15, 0.2) is 36.4 Å². The van der Waals surface area contributed by atoms with Crippen LogP contribution in [0.2, 0.25) is 0 Å². The van der Waals surface area contributed by atoms with Gasteiger partial charge in [-0.3, -0.25) is 4.90 Å². The highest BCUT2D eigenvalue weighted by Crippen LogP contribution is 2.38. The standard InChI is InChI=1S/C27H29F9N6/c1-3-23(41-9-5-4-6-10-41)22-8-7-19(25(28,29)30)13-18(22)16-42(24-37-39-40(2)38-24)15-17-11-20(26(31,32)33)14-21(12-17)27(34,35)36/h7-8,11-14,23H,3-6,9-10,15-16H2,1-2H3/t23-/m1/s1. The van der Waals surface area contributed by atoms with Gasteiger partial charge in [0.2, 0.25) is 0 Å². The number of hydrogen-bond acceptors (Lipinski definition) is 5. The van der Waals surface area contributed by atoms with E-state index < -0.39 is 41.8 Å². The average Bonchev–Trinajstić information content (AvgIpc) is 3.34. The van der Waals surface area contributed by atoms with Crippen molar-refractivity contribution in [2.24, 2.45) is 7.05 Å². The molecule has 2 aromatic carbocycles. The second-order valence-electron chi connectivity index (χ2n) is 10.3. The molecule has 1 aliphatic rings. The number of alkyl halides is 9. The fourth-order valence-corrected chi connectivity index (χ4v) is 5.28. The largest absolute Gasteiger partial charge is 0.416 e. The van der Waals surface area contributed by atoms with Crippen LogP contribution in [0.3, 0.4) is 0 Å². The Hall–Kier alpha value is -3.36. The van der Waals surface area contributed by atoms with E-state index in [1.54, 1.807) is 0 Å². The van der Waals surface area contributed by atoms with Gasteiger partial charge >= 0.3 is 18.5 Å². The van der Waals surface area contributed by atoms with Crippen LogP contribution in [0.5, 0.6) is 0 Å². The van der Waals surface area contributed by atoms with Gasteiger partial charge in [0.15, 0.2) is 0 Å². The van der Waals surface area contributed by atoms with E-state index in [1.165, 1.54) is 18.0 Å². The number of piperidine rings is 1. The maximum absolute atomic E-state index is 13.8. The number of aryl methyl sites for hydroxylation is 1. The number of rotatable bonds is 8. The van der Waals surface area contributed by atoms with Crippen molar-refractivity contribution >= 4 is 5.95 Å². The van der Waals surface area contributed by atoms with Gasteiger partial charge in [-0.1, -0.05) is 24.5 Å². The Morgan fingerprint density at radius 2 is 1.38 bits per heavy atom. The molecule has 1 aliphatic heterocycles. The quantitative estimate of drug-likeness (QED) is 0.250. The summed E-state index contributed by atoms with van der Waals surface area (Å²) in [7, 11) is 1.40. The number of likely N-dealkylation sites (tertiary alicyclic amines) is 1. The molecule has 4 rings (SSSR count). The molecule has 2 heterocycles. The minimum atomic E-state index is -5.07. The van der Waals surface area contributed by atoms with Gasteiger partial charge in [-0.05, 0) is 84.6 Å². The lowest BCUT2D eigenvalue weighted by Gasteiger charge is -2.36. The van der Waals surface area contributed by atoms with Gasteiger partial charge in [-0.2, -0.15) is 44.3 Å². The van der Waals surface area contributed by atoms with E-state index in [9.17, 15) is 39.5 Å². The minimum Gasteiger partial charge on any atom is -0.330 e. The van der Waals surface area contributed by atoms with Crippen molar-refractivity contribution in [1.82, 2.24) is 25.1 Å². The normalized spacial score (nSPS) is 16.1. The Kier molecular flexibility index (Phi) is 9.09. The number of hydrogen-bond donors (Lipinski definition) is 0. The molecule has 1 fully saturated rings. The lowest BCUT2D eigenvalue weighted by atomic mass is 9.93. The van der Waals surface area contributed by atoms with Crippen LogP contribution in [0.4, 0.5) is 45.5 Å². The first-order chi connectivity index (χ1) is 19.6. The molecule has 230 valence electrons. The van der Waals surface area contributed by atoms with Crippen molar-refractivity contribution in [2.45, 2.75) is 70.3 Å². The number of anilines is 1. The molecule has 6 nitrogen and oxygen atoms in total. The van der Waals surface area contributed by atoms with Crippen molar-refractivity contribution in [3.8, 4) is 0 Å². The SMILES string of the molecule is CC[C@H](c1ccc(C(F)(F)F)cc1CN(Cc1cc(C(F)(F)F)cc(C(F)(F)F)c1)c1nnn(C)n1)N1CCCCC1. The summed E-state index contributed by atoms with van der Waals surface area (Å²) in [6, 6.07) is 4.28. The van der Waals surface area contributed by atoms with Crippen LogP contribution in [-0.4, -0.2) is 38.2 Å². The van der Waals surface area contributed by atoms with Crippen molar-refractivity contribution in [1.29, 1.82) is 0 Å². The molecule has 0 N–H and O–H groups in total. The van der Waals surface area contributed by atoms with E-state index in [0.717, 1.165) is 49.3 Å². The van der Waals surface area contributed by atoms with Gasteiger partial charge < -0.3 is 4.90 Å². The van der Waals surface area contributed by atoms with Gasteiger partial charge in [0, 0.05) is 19.1 Å². The molecule has 0 aliphatic carbocycles. The third-order valence-electron chi connectivity index (χ3n) is 7.21. The molecule has 0 radical (unpaired) electrons. The lowest BCUT2D eigenvalue weighted by Crippen LogP contribution is -2.34. The van der Waals surface area contributed by atoms with Gasteiger partial charge in [0.25, 0.3) is 5.95 Å². The van der Waals surface area contributed by atoms with E-state index >= 15 is 0 Å². The second-order valence-corrected chi connectivity index (χ2v) is 10.3. The zero-order valence-corrected chi connectivity index (χ0v) is 22.8. The molecule has 3 aromatic rings. The Labute approximate surface area is 236 Å². The minimum absolute atomic E-state index is 0.0176. The summed E-state index contributed by atoms with van der Waals surface area (Å²) in [5.74, 6) is -0.169. The zero-order chi connectivity index (χ0) is 30.9. The van der Waals surface area contributed by atoms with Crippen molar-refractivity contribution in [3.63, 3.8) is 0 Å². The van der Waals surface area contributed by atoms with Crippen LogP contribution in [0.25, 0.3) is 0 Å². The molecule has 0 bridgehead atoms. The summed E-state index contributed by atoms with van der Waals surface area (Å²) in [4.78, 5) is 4.44. The fourth-order valence-electron chi connectivity index (χ4n) is 5.28. The van der Waals surface area contributed by atoms with Gasteiger partial charge in [0.05, 0.1) is 23.7 Å². The van der Waals surface area contributed by atoms with Crippen LogP contribution in [0, 0.1) is 0 Å². The van der Waals surface area contributed by atoms with E-state index in [2.05, 4.69) is 20.3 Å². The average molecular weight is 609 g/mol. The van der Waals surface area contributed by atoms with E-state index in [4.69, 9.17) is 0 Å². The number of benzene rings is 2. The van der Waals surface area contributed by atoms with Crippen molar-refractivity contribution < 1.29 is 39.5 Å². The van der Waals surface area contributed by atoms with Gasteiger partial charge in [-0.25, -0.2) is 0 Å². The highest BCUT2D eigenvalue weighted by atomic mass is 19.4. The first-order valence-corrected chi connectivity index (χ1v) is 13.3. The Morgan fingerprint density at radius 3 is 1.88 bits per heavy atom. The van der Waals surface area contributed by atoms with Gasteiger partial charge in [-0.15, -0.1) is 5.10 Å². The predicted molar refractivity (Wildman–Crippen MR) is 135 cm³/mol. The predicted octanol–water partition coefficient (Wildman–Crippen LogP) is 7.41. The maximum atomic E-state index is 13.8. The smallest absolute Gasteiger partial charge is 0.330 e. The Morgan fingerprint density at radius 1 is 0.786 bits per heavy atom. The summed E-state index contributed by atoms with van der Waals surface area (Å²) in [6.07, 6.45) is -11.3. The first kappa shape index (κ1) is 31.6. The Balaban J connectivity index is 1.81. The molecule has 0 spiro atoms. The van der Waals surface area contributed by atoms with Crippen molar-refractivity contribution in [2.75, 3.05) is 18.0 Å². The van der Waals surface area contributed by atoms with Crippen LogP contribution < -0.4 is 4.90 Å². The maximum Gasteiger partial charge on any atom is 0.416 e. The topological polar surface area (TPSA) is 50.1 Å². The monoisotopic (exact) mass is 608 g/mol. The van der Waals surface area contributed by atoms with E-state index in [1.807, 2.05) is 6.92 Å². The second kappa shape index (κ2) is 12.1. The number of halogens is 9. The molecule has 1 atom stereocenters. The molecule has 0 amide bonds. The van der Waals surface area contributed by atoms with Crippen LogP contribution >= 0.6 is 0 Å². The summed E-state index contributed by atoms with van der Waals surface area (Å²) >= 11 is 0. The molecule has 1 aromatic heterocycles. The number of nitrogens with zero attached hydrogens (tertiary/aromatic N) is 6. The fraction of sp³-hybridized carbons (Fsp3) is 0.519. The number of aromatic nitrogens is 4. The lowest BCUT2D eigenvalue weighted by molar-refractivity contribution is -0.143. The molecule has 1 saturated heterocycles. The number of tetrazole rings is 1. The molecule has 0 unspecified atom stereocenters. The van der Waals surface area contributed by atoms with E-state index in [0.29, 0.717) is 24.1 Å². The molecule has 42 heavy (non-hydrogen) atoms. The molecule has 15 heteroatoms. The van der Waals surface area contributed by atoms with Crippen molar-refractivity contribution in [3.05, 3.63) is 69.8 Å². The Bertz CT molecular complexity index is 1330. The highest BCUT2D eigenvalue weighted by Gasteiger charge is 2.37.